The van der Waals surface area contributed by atoms with Crippen molar-refractivity contribution in [1.82, 2.24) is 14.7 Å². The first kappa shape index (κ1) is 14.8. The van der Waals surface area contributed by atoms with Gasteiger partial charge in [-0.3, -0.25) is 4.90 Å². The summed E-state index contributed by atoms with van der Waals surface area (Å²) in [6.07, 6.45) is 8.58. The van der Waals surface area contributed by atoms with Gasteiger partial charge in [-0.25, -0.2) is 0 Å². The summed E-state index contributed by atoms with van der Waals surface area (Å²) in [6, 6.07) is 0.867. The quantitative estimate of drug-likeness (QED) is 0.782. The fourth-order valence-electron chi connectivity index (χ4n) is 4.41. The van der Waals surface area contributed by atoms with Gasteiger partial charge in [0.1, 0.15) is 0 Å². The van der Waals surface area contributed by atoms with E-state index in [1.54, 1.807) is 0 Å². The molecule has 20 heavy (non-hydrogen) atoms. The van der Waals surface area contributed by atoms with Crippen molar-refractivity contribution >= 4 is 0 Å². The van der Waals surface area contributed by atoms with Crippen molar-refractivity contribution in [2.45, 2.75) is 51.5 Å². The molecule has 3 heteroatoms. The lowest BCUT2D eigenvalue weighted by atomic mass is 10.0. The minimum Gasteiger partial charge on any atom is -0.302 e. The van der Waals surface area contributed by atoms with E-state index >= 15 is 0 Å². The Labute approximate surface area is 125 Å². The van der Waals surface area contributed by atoms with Crippen molar-refractivity contribution in [2.75, 3.05) is 52.4 Å². The second-order valence-electron chi connectivity index (χ2n) is 7.39. The predicted octanol–water partition coefficient (Wildman–Crippen LogP) is 2.28. The molecule has 3 rings (SSSR count). The maximum Gasteiger partial charge on any atom is 0.0223 e. The summed E-state index contributed by atoms with van der Waals surface area (Å²) in [7, 11) is 0. The Hall–Kier alpha value is -0.120. The first-order valence-corrected chi connectivity index (χ1v) is 9.00. The monoisotopic (exact) mass is 279 g/mol. The Bertz CT molecular complexity index is 288. The lowest BCUT2D eigenvalue weighted by Crippen LogP contribution is -2.49. The van der Waals surface area contributed by atoms with Crippen LogP contribution < -0.4 is 0 Å². The van der Waals surface area contributed by atoms with Crippen LogP contribution in [0.15, 0.2) is 0 Å². The van der Waals surface area contributed by atoms with Crippen molar-refractivity contribution < 1.29 is 0 Å². The molecule has 116 valence electrons. The number of nitrogens with zero attached hydrogens (tertiary/aromatic N) is 3. The molecular weight excluding hydrogens is 246 g/mol. The number of rotatable bonds is 4. The average Bonchev–Trinajstić information content (AvgIpc) is 3.00. The van der Waals surface area contributed by atoms with Crippen molar-refractivity contribution in [3.63, 3.8) is 0 Å². The fraction of sp³-hybridized carbons (Fsp3) is 1.00. The lowest BCUT2D eigenvalue weighted by Gasteiger charge is -2.39. The number of likely N-dealkylation sites (tertiary alicyclic amines) is 3. The van der Waals surface area contributed by atoms with E-state index in [4.69, 9.17) is 0 Å². The van der Waals surface area contributed by atoms with E-state index in [-0.39, 0.29) is 0 Å². The first-order chi connectivity index (χ1) is 9.81. The summed E-state index contributed by atoms with van der Waals surface area (Å²) < 4.78 is 0. The van der Waals surface area contributed by atoms with Crippen LogP contribution in [0.3, 0.4) is 0 Å². The highest BCUT2D eigenvalue weighted by Gasteiger charge is 2.27. The number of piperidine rings is 2. The Morgan fingerprint density at radius 1 is 0.750 bits per heavy atom. The van der Waals surface area contributed by atoms with Crippen LogP contribution in [0.5, 0.6) is 0 Å². The summed E-state index contributed by atoms with van der Waals surface area (Å²) >= 11 is 0. The highest BCUT2D eigenvalue weighted by molar-refractivity contribution is 4.84. The van der Waals surface area contributed by atoms with Gasteiger partial charge in [-0.05, 0) is 70.6 Å². The van der Waals surface area contributed by atoms with Crippen molar-refractivity contribution in [3.05, 3.63) is 0 Å². The van der Waals surface area contributed by atoms with Crippen molar-refractivity contribution in [3.8, 4) is 0 Å². The molecule has 3 nitrogen and oxygen atoms in total. The average molecular weight is 279 g/mol. The predicted molar refractivity (Wildman–Crippen MR) is 85.1 cm³/mol. The molecule has 0 saturated carbocycles. The molecule has 0 spiro atoms. The van der Waals surface area contributed by atoms with Crippen LogP contribution in [0, 0.1) is 5.92 Å². The molecule has 0 radical (unpaired) electrons. The van der Waals surface area contributed by atoms with E-state index in [2.05, 4.69) is 21.6 Å². The third-order valence-corrected chi connectivity index (χ3v) is 5.61. The zero-order chi connectivity index (χ0) is 13.8. The molecule has 3 fully saturated rings. The maximum atomic E-state index is 2.76. The van der Waals surface area contributed by atoms with Crippen LogP contribution in [0.1, 0.15) is 45.4 Å². The molecule has 3 aliphatic heterocycles. The Kier molecular flexibility index (Phi) is 5.36. The molecule has 3 heterocycles. The van der Waals surface area contributed by atoms with Crippen molar-refractivity contribution in [2.24, 2.45) is 5.92 Å². The third-order valence-electron chi connectivity index (χ3n) is 5.61. The summed E-state index contributed by atoms with van der Waals surface area (Å²) in [5.41, 5.74) is 0. The lowest BCUT2D eigenvalue weighted by molar-refractivity contribution is 0.0958. The molecule has 0 aromatic carbocycles. The summed E-state index contributed by atoms with van der Waals surface area (Å²) in [4.78, 5) is 8.20. The van der Waals surface area contributed by atoms with E-state index in [9.17, 15) is 0 Å². The summed E-state index contributed by atoms with van der Waals surface area (Å²) in [5.74, 6) is 0.919. The maximum absolute atomic E-state index is 2.76. The zero-order valence-electron chi connectivity index (χ0n) is 13.4. The SMILES string of the molecule is C[C@H]1CCCN(CCN2CCC[C@@H](N3CCCC3)C2)C1. The topological polar surface area (TPSA) is 9.72 Å². The van der Waals surface area contributed by atoms with E-state index < -0.39 is 0 Å². The van der Waals surface area contributed by atoms with Crippen LogP contribution >= 0.6 is 0 Å². The molecule has 0 aromatic rings. The van der Waals surface area contributed by atoms with Gasteiger partial charge in [0.05, 0.1) is 0 Å². The van der Waals surface area contributed by atoms with Gasteiger partial charge in [0, 0.05) is 32.2 Å². The van der Waals surface area contributed by atoms with E-state index in [0.717, 1.165) is 12.0 Å². The molecule has 0 unspecified atom stereocenters. The fourth-order valence-corrected chi connectivity index (χ4v) is 4.41. The molecule has 0 aromatic heterocycles. The Morgan fingerprint density at radius 2 is 1.40 bits per heavy atom. The highest BCUT2D eigenvalue weighted by atomic mass is 15.3. The molecule has 3 saturated heterocycles. The van der Waals surface area contributed by atoms with Crippen LogP contribution in [0.25, 0.3) is 0 Å². The normalized spacial score (nSPS) is 34.6. The van der Waals surface area contributed by atoms with Gasteiger partial charge < -0.3 is 9.80 Å². The van der Waals surface area contributed by atoms with Gasteiger partial charge in [-0.2, -0.15) is 0 Å². The Morgan fingerprint density at radius 3 is 2.10 bits per heavy atom. The molecule has 0 bridgehead atoms. The minimum atomic E-state index is 0.867. The van der Waals surface area contributed by atoms with Gasteiger partial charge >= 0.3 is 0 Å². The number of hydrogen-bond donors (Lipinski definition) is 0. The summed E-state index contributed by atoms with van der Waals surface area (Å²) in [6.45, 7) is 13.1. The Balaban J connectivity index is 1.40. The smallest absolute Gasteiger partial charge is 0.0223 e. The second kappa shape index (κ2) is 7.24. The molecule has 2 atom stereocenters. The van der Waals surface area contributed by atoms with Crippen LogP contribution in [0.2, 0.25) is 0 Å². The van der Waals surface area contributed by atoms with E-state index in [0.29, 0.717) is 0 Å². The first-order valence-electron chi connectivity index (χ1n) is 9.00. The van der Waals surface area contributed by atoms with Gasteiger partial charge in [0.25, 0.3) is 0 Å². The zero-order valence-corrected chi connectivity index (χ0v) is 13.4. The van der Waals surface area contributed by atoms with Gasteiger partial charge in [0.2, 0.25) is 0 Å². The number of hydrogen-bond acceptors (Lipinski definition) is 3. The van der Waals surface area contributed by atoms with Crippen LogP contribution in [-0.4, -0.2) is 73.1 Å². The summed E-state index contributed by atoms with van der Waals surface area (Å²) in [5, 5.41) is 0. The van der Waals surface area contributed by atoms with Gasteiger partial charge in [0.15, 0.2) is 0 Å². The third kappa shape index (κ3) is 3.96. The molecule has 0 N–H and O–H groups in total. The highest BCUT2D eigenvalue weighted by Crippen LogP contribution is 2.21. The van der Waals surface area contributed by atoms with Gasteiger partial charge in [-0.1, -0.05) is 6.92 Å². The van der Waals surface area contributed by atoms with Crippen molar-refractivity contribution in [1.29, 1.82) is 0 Å². The molecular formula is C17H33N3. The van der Waals surface area contributed by atoms with Gasteiger partial charge in [-0.15, -0.1) is 0 Å². The molecule has 3 aliphatic rings. The molecule has 0 amide bonds. The van der Waals surface area contributed by atoms with E-state index in [1.165, 1.54) is 90.9 Å². The van der Waals surface area contributed by atoms with Crippen LogP contribution in [-0.2, 0) is 0 Å². The second-order valence-corrected chi connectivity index (χ2v) is 7.39. The largest absolute Gasteiger partial charge is 0.302 e. The molecule has 0 aliphatic carbocycles. The van der Waals surface area contributed by atoms with Crippen LogP contribution in [0.4, 0.5) is 0 Å². The minimum absolute atomic E-state index is 0.867. The standard InChI is InChI=1S/C17H33N3/c1-16-6-4-8-18(14-16)12-13-19-9-5-7-17(15-19)20-10-2-3-11-20/h16-17H,2-15H2,1H3/t16-,17+/m0/s1. The van der Waals surface area contributed by atoms with E-state index in [1.807, 2.05) is 0 Å².